The van der Waals surface area contributed by atoms with Crippen LogP contribution >= 0.6 is 22.7 Å². The van der Waals surface area contributed by atoms with E-state index in [4.69, 9.17) is 19.4 Å². The summed E-state index contributed by atoms with van der Waals surface area (Å²) >= 11 is 3.40. The standard InChI is InChI=1S/C28H22N2O2S2/c1-3-31-17-9-13-23-25(15-17)33-27(29-23)21-11-12-22(20-8-6-5-7-19(20)21)28-30-24-14-10-18(32-4-2)16-26(24)34-28/h5-16H,3-4H2,1-2H3. The number of nitrogens with zero attached hydrogens (tertiary/aromatic N) is 2. The highest BCUT2D eigenvalue weighted by molar-refractivity contribution is 7.22. The highest BCUT2D eigenvalue weighted by atomic mass is 32.1. The van der Waals surface area contributed by atoms with Gasteiger partial charge in [-0.1, -0.05) is 36.4 Å². The zero-order chi connectivity index (χ0) is 23.1. The van der Waals surface area contributed by atoms with E-state index >= 15 is 0 Å². The van der Waals surface area contributed by atoms with Crippen LogP contribution in [0.15, 0.2) is 72.8 Å². The van der Waals surface area contributed by atoms with Crippen molar-refractivity contribution in [1.29, 1.82) is 0 Å². The number of thiazole rings is 2. The van der Waals surface area contributed by atoms with E-state index in [-0.39, 0.29) is 0 Å². The van der Waals surface area contributed by atoms with Gasteiger partial charge < -0.3 is 9.47 Å². The van der Waals surface area contributed by atoms with E-state index in [0.29, 0.717) is 13.2 Å². The molecule has 34 heavy (non-hydrogen) atoms. The highest BCUT2D eigenvalue weighted by Crippen LogP contribution is 2.41. The molecular weight excluding hydrogens is 460 g/mol. The number of aromatic nitrogens is 2. The van der Waals surface area contributed by atoms with Crippen molar-refractivity contribution < 1.29 is 9.47 Å². The molecule has 6 aromatic rings. The summed E-state index contributed by atoms with van der Waals surface area (Å²) in [6.45, 7) is 5.31. The third-order valence-electron chi connectivity index (χ3n) is 5.73. The third-order valence-corrected chi connectivity index (χ3v) is 7.83. The van der Waals surface area contributed by atoms with Gasteiger partial charge >= 0.3 is 0 Å². The summed E-state index contributed by atoms with van der Waals surface area (Å²) in [5.74, 6) is 1.77. The summed E-state index contributed by atoms with van der Waals surface area (Å²) < 4.78 is 13.6. The average molecular weight is 483 g/mol. The Labute approximate surface area is 205 Å². The van der Waals surface area contributed by atoms with Crippen LogP contribution in [0, 0.1) is 0 Å². The Kier molecular flexibility index (Phi) is 5.40. The lowest BCUT2D eigenvalue weighted by Gasteiger charge is -2.08. The molecule has 6 rings (SSSR count). The van der Waals surface area contributed by atoms with Crippen LogP contribution in [0.1, 0.15) is 13.8 Å². The molecule has 2 aromatic heterocycles. The maximum atomic E-state index is 5.67. The van der Waals surface area contributed by atoms with Crippen molar-refractivity contribution in [3.8, 4) is 32.6 Å². The second-order valence-corrected chi connectivity index (χ2v) is 9.93. The number of hydrogen-bond donors (Lipinski definition) is 0. The molecule has 0 N–H and O–H groups in total. The zero-order valence-corrected chi connectivity index (χ0v) is 20.5. The molecule has 4 nitrogen and oxygen atoms in total. The molecule has 4 aromatic carbocycles. The Bertz CT molecular complexity index is 1530. The summed E-state index contributed by atoms with van der Waals surface area (Å²) in [5, 5.41) is 4.38. The molecule has 0 saturated heterocycles. The Morgan fingerprint density at radius 3 is 1.53 bits per heavy atom. The van der Waals surface area contributed by atoms with E-state index in [1.54, 1.807) is 22.7 Å². The van der Waals surface area contributed by atoms with E-state index < -0.39 is 0 Å². The first-order valence-electron chi connectivity index (χ1n) is 11.3. The summed E-state index contributed by atoms with van der Waals surface area (Å²) in [6.07, 6.45) is 0. The molecule has 0 aliphatic carbocycles. The Balaban J connectivity index is 1.47. The molecule has 0 aliphatic heterocycles. The van der Waals surface area contributed by atoms with E-state index in [1.807, 2.05) is 38.1 Å². The summed E-state index contributed by atoms with van der Waals surface area (Å²) in [7, 11) is 0. The van der Waals surface area contributed by atoms with Gasteiger partial charge in [0.1, 0.15) is 21.5 Å². The minimum absolute atomic E-state index is 0.655. The fraction of sp³-hybridized carbons (Fsp3) is 0.143. The summed E-state index contributed by atoms with van der Waals surface area (Å²) in [4.78, 5) is 9.87. The number of ether oxygens (including phenoxy) is 2. The van der Waals surface area contributed by atoms with Gasteiger partial charge in [0.2, 0.25) is 0 Å². The van der Waals surface area contributed by atoms with E-state index in [1.165, 1.54) is 10.8 Å². The van der Waals surface area contributed by atoms with Gasteiger partial charge in [0.25, 0.3) is 0 Å². The predicted molar refractivity (Wildman–Crippen MR) is 144 cm³/mol. The Hall–Kier alpha value is -3.48. The molecule has 0 fully saturated rings. The first kappa shape index (κ1) is 21.1. The lowest BCUT2D eigenvalue weighted by atomic mass is 10.00. The lowest BCUT2D eigenvalue weighted by molar-refractivity contribution is 0.340. The number of fused-ring (bicyclic) bond motifs is 3. The van der Waals surface area contributed by atoms with Gasteiger partial charge in [-0.05, 0) is 61.0 Å². The van der Waals surface area contributed by atoms with E-state index in [9.17, 15) is 0 Å². The maximum Gasteiger partial charge on any atom is 0.125 e. The predicted octanol–water partition coefficient (Wildman–Crippen LogP) is 8.19. The molecule has 0 spiro atoms. The SMILES string of the molecule is CCOc1ccc2nc(-c3ccc(-c4nc5ccc(OCC)cc5s4)c4ccccc34)sc2c1. The Morgan fingerprint density at radius 1 is 0.618 bits per heavy atom. The number of hydrogen-bond acceptors (Lipinski definition) is 6. The summed E-state index contributed by atoms with van der Waals surface area (Å²) in [6, 6.07) is 25.1. The molecule has 0 atom stereocenters. The second kappa shape index (κ2) is 8.70. The van der Waals surface area contributed by atoms with Crippen molar-refractivity contribution in [2.75, 3.05) is 13.2 Å². The van der Waals surface area contributed by atoms with Crippen molar-refractivity contribution in [3.63, 3.8) is 0 Å². The van der Waals surface area contributed by atoms with Crippen molar-refractivity contribution in [2.45, 2.75) is 13.8 Å². The monoisotopic (exact) mass is 482 g/mol. The van der Waals surface area contributed by atoms with Gasteiger partial charge in [0.15, 0.2) is 0 Å². The zero-order valence-electron chi connectivity index (χ0n) is 18.9. The largest absolute Gasteiger partial charge is 0.494 e. The van der Waals surface area contributed by atoms with Gasteiger partial charge in [-0.2, -0.15) is 0 Å². The average Bonchev–Trinajstić information content (AvgIpc) is 3.47. The second-order valence-electron chi connectivity index (χ2n) is 7.87. The normalized spacial score (nSPS) is 11.5. The van der Waals surface area contributed by atoms with Crippen LogP contribution < -0.4 is 9.47 Å². The smallest absolute Gasteiger partial charge is 0.125 e. The van der Waals surface area contributed by atoms with Crippen molar-refractivity contribution in [1.82, 2.24) is 9.97 Å². The van der Waals surface area contributed by atoms with Crippen molar-refractivity contribution >= 4 is 53.9 Å². The van der Waals surface area contributed by atoms with Gasteiger partial charge in [0, 0.05) is 11.1 Å². The van der Waals surface area contributed by atoms with Crippen LogP contribution in [0.5, 0.6) is 11.5 Å². The van der Waals surface area contributed by atoms with Crippen molar-refractivity contribution in [3.05, 3.63) is 72.8 Å². The molecule has 6 heteroatoms. The molecule has 0 aliphatic rings. The van der Waals surface area contributed by atoms with Gasteiger partial charge in [-0.3, -0.25) is 0 Å². The van der Waals surface area contributed by atoms with Crippen LogP contribution in [-0.4, -0.2) is 23.2 Å². The fourth-order valence-corrected chi connectivity index (χ4v) is 6.29. The van der Waals surface area contributed by atoms with Gasteiger partial charge in [-0.15, -0.1) is 22.7 Å². The molecule has 0 saturated carbocycles. The Morgan fingerprint density at radius 2 is 1.09 bits per heavy atom. The van der Waals surface area contributed by atoms with E-state index in [0.717, 1.165) is 53.1 Å². The number of rotatable bonds is 6. The molecular formula is C28H22N2O2S2. The van der Waals surface area contributed by atoms with Crippen LogP contribution in [0.25, 0.3) is 52.3 Å². The first-order chi connectivity index (χ1) is 16.7. The molecule has 0 unspecified atom stereocenters. The van der Waals surface area contributed by atoms with Crippen LogP contribution in [-0.2, 0) is 0 Å². The molecule has 0 amide bonds. The first-order valence-corrected chi connectivity index (χ1v) is 13.0. The molecule has 0 radical (unpaired) electrons. The van der Waals surface area contributed by atoms with Crippen LogP contribution in [0.3, 0.4) is 0 Å². The summed E-state index contributed by atoms with van der Waals surface area (Å²) in [5.41, 5.74) is 4.26. The van der Waals surface area contributed by atoms with Gasteiger partial charge in [0.05, 0.1) is 33.6 Å². The maximum absolute atomic E-state index is 5.67. The minimum Gasteiger partial charge on any atom is -0.494 e. The van der Waals surface area contributed by atoms with E-state index in [2.05, 4.69) is 48.5 Å². The van der Waals surface area contributed by atoms with Gasteiger partial charge in [-0.25, -0.2) is 9.97 Å². The van der Waals surface area contributed by atoms with Crippen LogP contribution in [0.2, 0.25) is 0 Å². The lowest BCUT2D eigenvalue weighted by Crippen LogP contribution is -1.89. The van der Waals surface area contributed by atoms with Crippen LogP contribution in [0.4, 0.5) is 0 Å². The highest BCUT2D eigenvalue weighted by Gasteiger charge is 2.15. The third kappa shape index (κ3) is 3.69. The molecule has 168 valence electrons. The molecule has 2 heterocycles. The number of benzene rings is 4. The minimum atomic E-state index is 0.655. The fourth-order valence-electron chi connectivity index (χ4n) is 4.23. The topological polar surface area (TPSA) is 44.2 Å². The quantitative estimate of drug-likeness (QED) is 0.240. The van der Waals surface area contributed by atoms with Crippen molar-refractivity contribution in [2.24, 2.45) is 0 Å². The molecule has 0 bridgehead atoms.